The highest BCUT2D eigenvalue weighted by Gasteiger charge is 2.18. The molecule has 0 aliphatic rings. The summed E-state index contributed by atoms with van der Waals surface area (Å²) in [6, 6.07) is 0. The van der Waals surface area contributed by atoms with E-state index in [2.05, 4.69) is 31.1 Å². The number of methoxy groups -OCH3 is 1. The first-order valence-corrected chi connectivity index (χ1v) is 7.09. The molecule has 0 saturated heterocycles. The van der Waals surface area contributed by atoms with Crippen LogP contribution in [0.25, 0.3) is 0 Å². The Hall–Kier alpha value is -0.980. The van der Waals surface area contributed by atoms with Gasteiger partial charge in [0.05, 0.1) is 29.8 Å². The molecule has 19 heavy (non-hydrogen) atoms. The molecule has 2 N–H and O–H groups in total. The van der Waals surface area contributed by atoms with Crippen molar-refractivity contribution in [1.29, 1.82) is 0 Å². The molecule has 1 rings (SSSR count). The monoisotopic (exact) mass is 286 g/mol. The molecule has 108 valence electrons. The van der Waals surface area contributed by atoms with Gasteiger partial charge in [-0.1, -0.05) is 20.8 Å². The van der Waals surface area contributed by atoms with Gasteiger partial charge in [-0.05, 0) is 0 Å². The summed E-state index contributed by atoms with van der Waals surface area (Å²) in [6.45, 7) is 6.69. The van der Waals surface area contributed by atoms with E-state index in [0.717, 1.165) is 10.7 Å². The summed E-state index contributed by atoms with van der Waals surface area (Å²) in [5.74, 6) is -0.138. The van der Waals surface area contributed by atoms with E-state index >= 15 is 0 Å². The molecule has 1 heterocycles. The van der Waals surface area contributed by atoms with E-state index < -0.39 is 6.10 Å². The van der Waals surface area contributed by atoms with Gasteiger partial charge in [0.25, 0.3) is 0 Å². The Morgan fingerprint density at radius 2 is 2.26 bits per heavy atom. The molecule has 0 saturated carbocycles. The standard InChI is InChI=1S/C13H22N2O3S/c1-13(2,3)12-15-9(8-19-12)5-11(17)14-6-10(16)7-18-4/h8,10,16H,5-7H2,1-4H3,(H,14,17). The highest BCUT2D eigenvalue weighted by Crippen LogP contribution is 2.25. The van der Waals surface area contributed by atoms with Crippen molar-refractivity contribution in [3.8, 4) is 0 Å². The van der Waals surface area contributed by atoms with E-state index in [1.165, 1.54) is 7.11 Å². The molecule has 1 aromatic rings. The normalized spacial score (nSPS) is 13.3. The van der Waals surface area contributed by atoms with Crippen LogP contribution in [-0.2, 0) is 21.4 Å². The molecule has 1 aromatic heterocycles. The largest absolute Gasteiger partial charge is 0.389 e. The van der Waals surface area contributed by atoms with Crippen molar-refractivity contribution in [2.75, 3.05) is 20.3 Å². The van der Waals surface area contributed by atoms with Crippen LogP contribution in [0.4, 0.5) is 0 Å². The van der Waals surface area contributed by atoms with Crippen LogP contribution in [0.1, 0.15) is 31.5 Å². The summed E-state index contributed by atoms with van der Waals surface area (Å²) in [7, 11) is 1.51. The minimum atomic E-state index is -0.672. The van der Waals surface area contributed by atoms with Crippen molar-refractivity contribution in [1.82, 2.24) is 10.3 Å². The first kappa shape index (κ1) is 16.1. The van der Waals surface area contributed by atoms with Crippen LogP contribution in [-0.4, -0.2) is 42.4 Å². The average molecular weight is 286 g/mol. The molecule has 0 fully saturated rings. The highest BCUT2D eigenvalue weighted by molar-refractivity contribution is 7.09. The molecule has 1 amide bonds. The van der Waals surface area contributed by atoms with E-state index in [1.54, 1.807) is 11.3 Å². The van der Waals surface area contributed by atoms with Crippen LogP contribution in [0.15, 0.2) is 5.38 Å². The summed E-state index contributed by atoms with van der Waals surface area (Å²) in [5.41, 5.74) is 0.780. The average Bonchev–Trinajstić information content (AvgIpc) is 2.75. The number of nitrogens with one attached hydrogen (secondary N) is 1. The first-order valence-electron chi connectivity index (χ1n) is 6.21. The van der Waals surface area contributed by atoms with Crippen molar-refractivity contribution in [2.45, 2.75) is 38.7 Å². The fourth-order valence-corrected chi connectivity index (χ4v) is 2.35. The van der Waals surface area contributed by atoms with E-state index in [1.807, 2.05) is 5.38 Å². The zero-order chi connectivity index (χ0) is 14.5. The molecule has 0 bridgehead atoms. The van der Waals surface area contributed by atoms with E-state index in [9.17, 15) is 9.90 Å². The van der Waals surface area contributed by atoms with Gasteiger partial charge in [-0.15, -0.1) is 11.3 Å². The summed E-state index contributed by atoms with van der Waals surface area (Å²) in [6.07, 6.45) is -0.429. The maximum Gasteiger partial charge on any atom is 0.226 e. The molecule has 0 spiro atoms. The van der Waals surface area contributed by atoms with Crippen molar-refractivity contribution < 1.29 is 14.6 Å². The molecule has 6 heteroatoms. The number of nitrogens with zero attached hydrogens (tertiary/aromatic N) is 1. The topological polar surface area (TPSA) is 71.5 Å². The maximum absolute atomic E-state index is 11.7. The Morgan fingerprint density at radius 1 is 1.58 bits per heavy atom. The second kappa shape index (κ2) is 6.98. The van der Waals surface area contributed by atoms with Gasteiger partial charge in [0.15, 0.2) is 0 Å². The van der Waals surface area contributed by atoms with Crippen molar-refractivity contribution in [2.24, 2.45) is 0 Å². The second-order valence-electron chi connectivity index (χ2n) is 5.48. The van der Waals surface area contributed by atoms with Crippen LogP contribution in [0.2, 0.25) is 0 Å². The summed E-state index contributed by atoms with van der Waals surface area (Å²) >= 11 is 1.57. The molecular formula is C13H22N2O3S. The molecule has 0 radical (unpaired) electrons. The Bertz CT molecular complexity index is 412. The van der Waals surface area contributed by atoms with Gasteiger partial charge in [-0.2, -0.15) is 0 Å². The Balaban J connectivity index is 2.42. The van der Waals surface area contributed by atoms with Gasteiger partial charge < -0.3 is 15.2 Å². The fraction of sp³-hybridized carbons (Fsp3) is 0.692. The number of ether oxygens (including phenoxy) is 1. The lowest BCUT2D eigenvalue weighted by Crippen LogP contribution is -2.35. The number of thiazole rings is 1. The van der Waals surface area contributed by atoms with Crippen LogP contribution >= 0.6 is 11.3 Å². The molecular weight excluding hydrogens is 264 g/mol. The van der Waals surface area contributed by atoms with Crippen LogP contribution in [0.3, 0.4) is 0 Å². The quantitative estimate of drug-likeness (QED) is 0.821. The Morgan fingerprint density at radius 3 is 2.79 bits per heavy atom. The summed E-state index contributed by atoms with van der Waals surface area (Å²) < 4.78 is 4.78. The molecule has 0 aliphatic heterocycles. The summed E-state index contributed by atoms with van der Waals surface area (Å²) in [5, 5.41) is 15.0. The van der Waals surface area contributed by atoms with E-state index in [-0.39, 0.29) is 30.9 Å². The highest BCUT2D eigenvalue weighted by atomic mass is 32.1. The lowest BCUT2D eigenvalue weighted by molar-refractivity contribution is -0.121. The number of carbonyl (C=O) groups is 1. The minimum Gasteiger partial charge on any atom is -0.389 e. The number of aromatic nitrogens is 1. The van der Waals surface area contributed by atoms with E-state index in [4.69, 9.17) is 4.74 Å². The zero-order valence-electron chi connectivity index (χ0n) is 11.9. The zero-order valence-corrected chi connectivity index (χ0v) is 12.7. The van der Waals surface area contributed by atoms with Crippen LogP contribution < -0.4 is 5.32 Å². The number of aliphatic hydroxyl groups excluding tert-OH is 1. The fourth-order valence-electron chi connectivity index (χ4n) is 1.44. The van der Waals surface area contributed by atoms with Crippen LogP contribution in [0.5, 0.6) is 0 Å². The third-order valence-corrected chi connectivity index (χ3v) is 3.75. The minimum absolute atomic E-state index is 0.00799. The third kappa shape index (κ3) is 5.67. The van der Waals surface area contributed by atoms with Gasteiger partial charge in [0.1, 0.15) is 0 Å². The number of aliphatic hydroxyl groups is 1. The predicted molar refractivity (Wildman–Crippen MR) is 75.4 cm³/mol. The third-order valence-electron chi connectivity index (χ3n) is 2.43. The molecule has 5 nitrogen and oxygen atoms in total. The number of rotatable bonds is 6. The van der Waals surface area contributed by atoms with Gasteiger partial charge in [-0.25, -0.2) is 4.98 Å². The van der Waals surface area contributed by atoms with Gasteiger partial charge in [0.2, 0.25) is 5.91 Å². The predicted octanol–water partition coefficient (Wildman–Crippen LogP) is 1.11. The Labute approximate surface area is 118 Å². The van der Waals surface area contributed by atoms with Crippen molar-refractivity contribution in [3.63, 3.8) is 0 Å². The number of carbonyl (C=O) groups excluding carboxylic acids is 1. The van der Waals surface area contributed by atoms with E-state index in [0.29, 0.717) is 0 Å². The SMILES string of the molecule is COCC(O)CNC(=O)Cc1csc(C(C)(C)C)n1. The smallest absolute Gasteiger partial charge is 0.226 e. The van der Waals surface area contributed by atoms with Gasteiger partial charge >= 0.3 is 0 Å². The maximum atomic E-state index is 11.7. The van der Waals surface area contributed by atoms with Crippen LogP contribution in [0, 0.1) is 0 Å². The molecule has 0 aliphatic carbocycles. The lowest BCUT2D eigenvalue weighted by atomic mass is 9.98. The second-order valence-corrected chi connectivity index (χ2v) is 6.34. The van der Waals surface area contributed by atoms with Crippen molar-refractivity contribution >= 4 is 17.2 Å². The Kier molecular flexibility index (Phi) is 5.90. The molecule has 0 aromatic carbocycles. The first-order chi connectivity index (χ1) is 8.82. The van der Waals surface area contributed by atoms with Gasteiger partial charge in [-0.3, -0.25) is 4.79 Å². The van der Waals surface area contributed by atoms with Crippen molar-refractivity contribution in [3.05, 3.63) is 16.1 Å². The van der Waals surface area contributed by atoms with Gasteiger partial charge in [0, 0.05) is 24.4 Å². The summed E-state index contributed by atoms with van der Waals surface area (Å²) in [4.78, 5) is 16.1. The number of amides is 1. The number of hydrogen-bond acceptors (Lipinski definition) is 5. The lowest BCUT2D eigenvalue weighted by Gasteiger charge is -2.13. The number of hydrogen-bond donors (Lipinski definition) is 2. The molecule has 1 atom stereocenters. The molecule has 1 unspecified atom stereocenters.